The molecule has 248 valence electrons. The van der Waals surface area contributed by atoms with E-state index in [0.717, 1.165) is 33.7 Å². The number of fused-ring (bicyclic) bond motifs is 1. The minimum Gasteiger partial charge on any atom is -0.492 e. The van der Waals surface area contributed by atoms with Crippen molar-refractivity contribution in [3.05, 3.63) is 83.2 Å². The van der Waals surface area contributed by atoms with Crippen LogP contribution < -0.4 is 10.1 Å². The summed E-state index contributed by atoms with van der Waals surface area (Å²) < 4.78 is 85.2. The van der Waals surface area contributed by atoms with Gasteiger partial charge in [-0.1, -0.05) is 24.3 Å². The summed E-state index contributed by atoms with van der Waals surface area (Å²) in [5.74, 6) is -2.15. The molecule has 2 atom stereocenters. The van der Waals surface area contributed by atoms with Crippen LogP contribution in [-0.2, 0) is 22.5 Å². The van der Waals surface area contributed by atoms with Crippen LogP contribution in [0.5, 0.6) is 5.75 Å². The minimum atomic E-state index is -4.58. The van der Waals surface area contributed by atoms with Crippen LogP contribution in [0.3, 0.4) is 0 Å². The van der Waals surface area contributed by atoms with Crippen LogP contribution in [0.25, 0.3) is 11.1 Å². The lowest BCUT2D eigenvalue weighted by molar-refractivity contribution is -0.155. The molecule has 0 spiro atoms. The standard InChI is InChI=1S/C33H38F5N5O3/c1-3-42-20-25(19-40-42)23-6-7-27-24(16-23)15-22(2)43(21-33(36,37)38)32(27)31-28(34)17-26(18-29(31)35)46-12-9-39-8-4-5-30(44)41-10-13-45-14-11-41/h4-7,16-20,22,32,39H,3,8-15,21H2,1-2H3/b5-4+/t22-,32+/m1/s1. The summed E-state index contributed by atoms with van der Waals surface area (Å²) in [4.78, 5) is 14.9. The fraction of sp³-hybridized carbons (Fsp3) is 0.455. The maximum Gasteiger partial charge on any atom is 0.401 e. The van der Waals surface area contributed by atoms with Crippen LogP contribution in [0.2, 0.25) is 0 Å². The van der Waals surface area contributed by atoms with Gasteiger partial charge < -0.3 is 19.7 Å². The number of halogens is 5. The van der Waals surface area contributed by atoms with Gasteiger partial charge in [0.15, 0.2) is 0 Å². The number of hydrogen-bond donors (Lipinski definition) is 1. The topological polar surface area (TPSA) is 71.9 Å². The van der Waals surface area contributed by atoms with Gasteiger partial charge in [-0.3, -0.25) is 14.4 Å². The molecule has 2 aliphatic heterocycles. The second-order valence-corrected chi connectivity index (χ2v) is 11.4. The Kier molecular flexibility index (Phi) is 10.7. The number of carbonyl (C=O) groups is 1. The third-order valence-corrected chi connectivity index (χ3v) is 8.22. The van der Waals surface area contributed by atoms with Gasteiger partial charge in [-0.05, 0) is 37.0 Å². The van der Waals surface area contributed by atoms with E-state index in [1.165, 1.54) is 6.08 Å². The number of carbonyl (C=O) groups excluding carboxylic acids is 1. The van der Waals surface area contributed by atoms with E-state index >= 15 is 8.78 Å². The lowest BCUT2D eigenvalue weighted by Crippen LogP contribution is -2.47. The summed E-state index contributed by atoms with van der Waals surface area (Å²) in [6.45, 7) is 5.88. The lowest BCUT2D eigenvalue weighted by atomic mass is 9.83. The summed E-state index contributed by atoms with van der Waals surface area (Å²) in [5, 5.41) is 7.35. The van der Waals surface area contributed by atoms with Crippen molar-refractivity contribution in [2.75, 3.05) is 52.5 Å². The van der Waals surface area contributed by atoms with E-state index in [0.29, 0.717) is 51.5 Å². The summed E-state index contributed by atoms with van der Waals surface area (Å²) in [6, 6.07) is 5.36. The first-order valence-electron chi connectivity index (χ1n) is 15.4. The van der Waals surface area contributed by atoms with Crippen molar-refractivity contribution in [3.8, 4) is 16.9 Å². The van der Waals surface area contributed by atoms with Crippen LogP contribution in [0, 0.1) is 11.6 Å². The molecule has 2 aromatic carbocycles. The molecular formula is C33H38F5N5O3. The zero-order valence-corrected chi connectivity index (χ0v) is 25.8. The quantitative estimate of drug-likeness (QED) is 0.177. The van der Waals surface area contributed by atoms with E-state index in [4.69, 9.17) is 9.47 Å². The van der Waals surface area contributed by atoms with Crippen molar-refractivity contribution in [1.82, 2.24) is 24.9 Å². The molecule has 0 bridgehead atoms. The lowest BCUT2D eigenvalue weighted by Gasteiger charge is -2.42. The van der Waals surface area contributed by atoms with Crippen LogP contribution >= 0.6 is 0 Å². The van der Waals surface area contributed by atoms with Gasteiger partial charge in [0.25, 0.3) is 0 Å². The average Bonchev–Trinajstić information content (AvgIpc) is 3.51. The minimum absolute atomic E-state index is 0.0738. The SMILES string of the molecule is CCn1cc(-c2ccc3c(c2)C[C@@H](C)N(CC(F)(F)F)[C@@H]3c2c(F)cc(OCCNC/C=C/C(=O)N3CCOCC3)cc2F)cn1. The zero-order valence-electron chi connectivity index (χ0n) is 25.8. The van der Waals surface area contributed by atoms with E-state index in [1.807, 2.05) is 19.2 Å². The van der Waals surface area contributed by atoms with Crippen LogP contribution in [0.1, 0.15) is 36.6 Å². The number of rotatable bonds is 11. The second kappa shape index (κ2) is 14.7. The summed E-state index contributed by atoms with van der Waals surface area (Å²) in [6.07, 6.45) is 2.46. The number of aryl methyl sites for hydroxylation is 1. The highest BCUT2D eigenvalue weighted by Gasteiger charge is 2.42. The van der Waals surface area contributed by atoms with Crippen LogP contribution in [0.15, 0.2) is 54.9 Å². The fourth-order valence-electron chi connectivity index (χ4n) is 5.94. The second-order valence-electron chi connectivity index (χ2n) is 11.4. The molecule has 0 unspecified atom stereocenters. The Balaban J connectivity index is 1.29. The van der Waals surface area contributed by atoms with E-state index in [-0.39, 0.29) is 24.7 Å². The number of hydrogen-bond acceptors (Lipinski definition) is 6. The van der Waals surface area contributed by atoms with E-state index < -0.39 is 42.0 Å². The average molecular weight is 648 g/mol. The Hall–Kier alpha value is -3.81. The fourth-order valence-corrected chi connectivity index (χ4v) is 5.94. The van der Waals surface area contributed by atoms with Crippen molar-refractivity contribution in [1.29, 1.82) is 0 Å². The molecule has 1 aromatic heterocycles. The normalized spacial score (nSPS) is 19.1. The molecule has 1 saturated heterocycles. The highest BCUT2D eigenvalue weighted by Crippen LogP contribution is 2.43. The summed E-state index contributed by atoms with van der Waals surface area (Å²) in [7, 11) is 0. The van der Waals surface area contributed by atoms with Gasteiger partial charge >= 0.3 is 6.18 Å². The third kappa shape index (κ3) is 8.12. The number of ether oxygens (including phenoxy) is 2. The molecule has 3 aromatic rings. The first kappa shape index (κ1) is 33.6. The number of benzene rings is 2. The summed E-state index contributed by atoms with van der Waals surface area (Å²) >= 11 is 0. The Morgan fingerprint density at radius 3 is 2.54 bits per heavy atom. The highest BCUT2D eigenvalue weighted by atomic mass is 19.4. The zero-order chi connectivity index (χ0) is 32.8. The number of aromatic nitrogens is 2. The molecule has 0 aliphatic carbocycles. The summed E-state index contributed by atoms with van der Waals surface area (Å²) in [5.41, 5.74) is 2.36. The first-order valence-corrected chi connectivity index (χ1v) is 15.4. The molecule has 0 radical (unpaired) electrons. The van der Waals surface area contributed by atoms with Gasteiger partial charge in [0, 0.05) is 74.3 Å². The Bertz CT molecular complexity index is 1510. The van der Waals surface area contributed by atoms with Crippen molar-refractivity contribution in [2.45, 2.75) is 45.1 Å². The van der Waals surface area contributed by atoms with Gasteiger partial charge in [0.2, 0.25) is 5.91 Å². The smallest absolute Gasteiger partial charge is 0.401 e. The van der Waals surface area contributed by atoms with E-state index in [1.54, 1.807) is 40.9 Å². The molecule has 0 saturated carbocycles. The van der Waals surface area contributed by atoms with Crippen molar-refractivity contribution in [3.63, 3.8) is 0 Å². The number of nitrogens with zero attached hydrogens (tertiary/aromatic N) is 4. The largest absolute Gasteiger partial charge is 0.492 e. The van der Waals surface area contributed by atoms with Crippen molar-refractivity contribution >= 4 is 5.91 Å². The molecule has 1 fully saturated rings. The Labute approximate surface area is 264 Å². The maximum atomic E-state index is 15.7. The molecule has 1 amide bonds. The predicted molar refractivity (Wildman–Crippen MR) is 162 cm³/mol. The number of morpholine rings is 1. The monoisotopic (exact) mass is 647 g/mol. The number of nitrogens with one attached hydrogen (secondary N) is 1. The molecular weight excluding hydrogens is 609 g/mol. The van der Waals surface area contributed by atoms with E-state index in [2.05, 4.69) is 10.4 Å². The molecule has 13 heteroatoms. The molecule has 1 N–H and O–H groups in total. The Morgan fingerprint density at radius 1 is 1.13 bits per heavy atom. The third-order valence-electron chi connectivity index (χ3n) is 8.22. The molecule has 2 aliphatic rings. The van der Waals surface area contributed by atoms with Gasteiger partial charge in [-0.25, -0.2) is 8.78 Å². The van der Waals surface area contributed by atoms with Crippen LogP contribution in [0.4, 0.5) is 22.0 Å². The van der Waals surface area contributed by atoms with Crippen LogP contribution in [-0.4, -0.2) is 90.3 Å². The van der Waals surface area contributed by atoms with Gasteiger partial charge in [0.1, 0.15) is 24.0 Å². The first-order chi connectivity index (χ1) is 22.0. The highest BCUT2D eigenvalue weighted by molar-refractivity contribution is 5.87. The van der Waals surface area contributed by atoms with Crippen molar-refractivity contribution in [2.24, 2.45) is 0 Å². The number of amides is 1. The maximum absolute atomic E-state index is 15.7. The molecule has 5 rings (SSSR count). The van der Waals surface area contributed by atoms with Gasteiger partial charge in [-0.2, -0.15) is 18.3 Å². The molecule has 46 heavy (non-hydrogen) atoms. The van der Waals surface area contributed by atoms with Gasteiger partial charge in [0.05, 0.1) is 32.0 Å². The molecule has 8 nitrogen and oxygen atoms in total. The van der Waals surface area contributed by atoms with E-state index in [9.17, 15) is 18.0 Å². The van der Waals surface area contributed by atoms with Crippen molar-refractivity contribution < 1.29 is 36.2 Å². The Morgan fingerprint density at radius 2 is 1.87 bits per heavy atom. The number of alkyl halides is 3. The van der Waals surface area contributed by atoms with Gasteiger partial charge in [-0.15, -0.1) is 0 Å². The predicted octanol–water partition coefficient (Wildman–Crippen LogP) is 5.13. The molecule has 3 heterocycles.